The second-order valence-electron chi connectivity index (χ2n) is 3.65. The van der Waals surface area contributed by atoms with Crippen LogP contribution in [0.3, 0.4) is 0 Å². The summed E-state index contributed by atoms with van der Waals surface area (Å²) in [5.41, 5.74) is 0.0933. The van der Waals surface area contributed by atoms with E-state index >= 15 is 0 Å². The van der Waals surface area contributed by atoms with Gasteiger partial charge in [-0.3, -0.25) is 19.8 Å². The van der Waals surface area contributed by atoms with Gasteiger partial charge in [0.15, 0.2) is 5.11 Å². The molecule has 1 N–H and O–H groups in total. The summed E-state index contributed by atoms with van der Waals surface area (Å²) < 4.78 is 0.999. The maximum absolute atomic E-state index is 12.2. The lowest BCUT2D eigenvalue weighted by Crippen LogP contribution is -2.53. The molecular weight excluding hydrogens is 395 g/mol. The molecule has 1 aromatic heterocycles. The van der Waals surface area contributed by atoms with Crippen LogP contribution in [-0.2, 0) is 9.59 Å². The first kappa shape index (κ1) is 14.4. The number of nitrogens with one attached hydrogen (secondary N) is 1. The highest BCUT2D eigenvalue weighted by molar-refractivity contribution is 14.1. The van der Waals surface area contributed by atoms with Crippen molar-refractivity contribution in [2.75, 3.05) is 6.54 Å². The van der Waals surface area contributed by atoms with E-state index in [1.54, 1.807) is 12.2 Å². The zero-order valence-corrected chi connectivity index (χ0v) is 13.5. The van der Waals surface area contributed by atoms with Crippen LogP contribution in [-0.4, -0.2) is 28.4 Å². The fourth-order valence-corrected chi connectivity index (χ4v) is 3.46. The maximum atomic E-state index is 12.2. The third-order valence-corrected chi connectivity index (χ3v) is 4.91. The number of nitrogens with zero attached hydrogens (tertiary/aromatic N) is 1. The van der Waals surface area contributed by atoms with E-state index in [9.17, 15) is 9.59 Å². The second-order valence-corrected chi connectivity index (χ2v) is 6.15. The molecule has 98 valence electrons. The van der Waals surface area contributed by atoms with Crippen LogP contribution in [0.25, 0.3) is 6.08 Å². The third kappa shape index (κ3) is 2.93. The number of hydrogen-bond acceptors (Lipinski definition) is 4. The molecule has 0 spiro atoms. The van der Waals surface area contributed by atoms with Gasteiger partial charge in [-0.15, -0.1) is 17.9 Å². The number of thiocarbonyl (C=S) groups is 1. The number of carbonyl (C=O) groups excluding carboxylic acids is 2. The lowest BCUT2D eigenvalue weighted by molar-refractivity contribution is -0.128. The summed E-state index contributed by atoms with van der Waals surface area (Å²) in [6.45, 7) is 3.85. The lowest BCUT2D eigenvalue weighted by Gasteiger charge is -2.27. The molecular formula is C12H9IN2O2S2. The molecule has 0 aliphatic carbocycles. The Labute approximate surface area is 133 Å². The summed E-state index contributed by atoms with van der Waals surface area (Å²) in [5, 5.41) is 4.54. The van der Waals surface area contributed by atoms with Crippen LogP contribution in [0.4, 0.5) is 0 Å². The van der Waals surface area contributed by atoms with E-state index in [1.165, 1.54) is 16.2 Å². The molecule has 1 saturated heterocycles. The van der Waals surface area contributed by atoms with E-state index in [0.717, 1.165) is 8.45 Å². The van der Waals surface area contributed by atoms with E-state index in [4.69, 9.17) is 12.2 Å². The molecule has 2 amide bonds. The van der Waals surface area contributed by atoms with Crippen molar-refractivity contribution in [2.24, 2.45) is 0 Å². The number of rotatable bonds is 3. The van der Waals surface area contributed by atoms with Crippen LogP contribution >= 0.6 is 46.1 Å². The Kier molecular flexibility index (Phi) is 4.48. The van der Waals surface area contributed by atoms with Gasteiger partial charge in [0.05, 0.1) is 0 Å². The Bertz CT molecular complexity index is 607. The van der Waals surface area contributed by atoms with Gasteiger partial charge in [0.2, 0.25) is 0 Å². The van der Waals surface area contributed by atoms with Crippen LogP contribution in [0.2, 0.25) is 0 Å². The van der Waals surface area contributed by atoms with Crippen molar-refractivity contribution in [1.82, 2.24) is 10.2 Å². The van der Waals surface area contributed by atoms with Gasteiger partial charge >= 0.3 is 0 Å². The molecule has 2 rings (SSSR count). The van der Waals surface area contributed by atoms with Crippen molar-refractivity contribution >= 4 is 69.1 Å². The first-order valence-corrected chi connectivity index (χ1v) is 7.64. The Balaban J connectivity index is 2.39. The fourth-order valence-electron chi connectivity index (χ4n) is 1.53. The molecule has 19 heavy (non-hydrogen) atoms. The number of carbonyl (C=O) groups is 2. The highest BCUT2D eigenvalue weighted by Gasteiger charge is 2.32. The van der Waals surface area contributed by atoms with E-state index in [1.807, 2.05) is 11.4 Å². The normalized spacial score (nSPS) is 17.8. The number of amides is 2. The average molecular weight is 404 g/mol. The van der Waals surface area contributed by atoms with Gasteiger partial charge in [0.1, 0.15) is 5.57 Å². The number of halogens is 1. The van der Waals surface area contributed by atoms with Gasteiger partial charge < -0.3 is 0 Å². The zero-order chi connectivity index (χ0) is 14.0. The van der Waals surface area contributed by atoms with Gasteiger partial charge in [0.25, 0.3) is 11.8 Å². The minimum Gasteiger partial charge on any atom is -0.298 e. The highest BCUT2D eigenvalue weighted by atomic mass is 127. The smallest absolute Gasteiger partial charge is 0.265 e. The van der Waals surface area contributed by atoms with Gasteiger partial charge in [-0.05, 0) is 52.3 Å². The SMILES string of the molecule is C=CCN1C(=O)/C(=C/c2sccc2I)C(=O)NC1=S. The number of thiophene rings is 1. The highest BCUT2D eigenvalue weighted by Crippen LogP contribution is 2.23. The molecule has 4 nitrogen and oxygen atoms in total. The Morgan fingerprint density at radius 3 is 2.84 bits per heavy atom. The molecule has 0 atom stereocenters. The van der Waals surface area contributed by atoms with Crippen LogP contribution in [0.1, 0.15) is 4.88 Å². The van der Waals surface area contributed by atoms with Gasteiger partial charge in [0, 0.05) is 15.0 Å². The third-order valence-electron chi connectivity index (χ3n) is 2.42. The first-order chi connectivity index (χ1) is 9.04. The molecule has 1 aliphatic heterocycles. The van der Waals surface area contributed by atoms with Crippen LogP contribution in [0.15, 0.2) is 29.7 Å². The first-order valence-electron chi connectivity index (χ1n) is 5.27. The van der Waals surface area contributed by atoms with E-state index in [2.05, 4.69) is 34.5 Å². The van der Waals surface area contributed by atoms with Crippen molar-refractivity contribution in [2.45, 2.75) is 0 Å². The van der Waals surface area contributed by atoms with E-state index < -0.39 is 11.8 Å². The van der Waals surface area contributed by atoms with Gasteiger partial charge in [-0.1, -0.05) is 6.08 Å². The van der Waals surface area contributed by atoms with Crippen LogP contribution in [0, 0.1) is 3.57 Å². The molecule has 0 unspecified atom stereocenters. The van der Waals surface area contributed by atoms with Crippen molar-refractivity contribution in [3.63, 3.8) is 0 Å². The molecule has 1 aromatic rings. The summed E-state index contributed by atoms with van der Waals surface area (Å²) in [4.78, 5) is 26.3. The average Bonchev–Trinajstić information content (AvgIpc) is 2.76. The topological polar surface area (TPSA) is 49.4 Å². The summed E-state index contributed by atoms with van der Waals surface area (Å²) in [5.74, 6) is -0.850. The fraction of sp³-hybridized carbons (Fsp3) is 0.0833. The van der Waals surface area contributed by atoms with Gasteiger partial charge in [-0.2, -0.15) is 0 Å². The standard InChI is InChI=1S/C12H9IN2O2S2/c1-2-4-15-11(17)7(10(16)14-12(15)18)6-9-8(13)3-5-19-9/h2-3,5-6H,1,4H2,(H,14,16,18)/b7-6+. The zero-order valence-electron chi connectivity index (χ0n) is 9.68. The summed E-state index contributed by atoms with van der Waals surface area (Å²) in [6.07, 6.45) is 3.16. The van der Waals surface area contributed by atoms with Crippen molar-refractivity contribution in [3.05, 3.63) is 38.1 Å². The quantitative estimate of drug-likeness (QED) is 0.276. The molecule has 0 saturated carbocycles. The predicted molar refractivity (Wildman–Crippen MR) is 87.7 cm³/mol. The molecule has 2 heterocycles. The van der Waals surface area contributed by atoms with E-state index in [-0.39, 0.29) is 17.2 Å². The van der Waals surface area contributed by atoms with Crippen LogP contribution < -0.4 is 5.32 Å². The monoisotopic (exact) mass is 404 g/mol. The molecule has 7 heteroatoms. The maximum Gasteiger partial charge on any atom is 0.265 e. The molecule has 1 aliphatic rings. The van der Waals surface area contributed by atoms with Crippen molar-refractivity contribution in [1.29, 1.82) is 0 Å². The number of hydrogen-bond donors (Lipinski definition) is 1. The second kappa shape index (κ2) is 5.93. The summed E-state index contributed by atoms with van der Waals surface area (Å²) in [6, 6.07) is 1.93. The Morgan fingerprint density at radius 1 is 1.53 bits per heavy atom. The van der Waals surface area contributed by atoms with E-state index in [0.29, 0.717) is 0 Å². The van der Waals surface area contributed by atoms with Crippen molar-refractivity contribution in [3.8, 4) is 0 Å². The van der Waals surface area contributed by atoms with Gasteiger partial charge in [-0.25, -0.2) is 0 Å². The molecule has 0 aromatic carbocycles. The van der Waals surface area contributed by atoms with Crippen LogP contribution in [0.5, 0.6) is 0 Å². The summed E-state index contributed by atoms with van der Waals surface area (Å²) in [7, 11) is 0. The largest absolute Gasteiger partial charge is 0.298 e. The molecule has 0 bridgehead atoms. The summed E-state index contributed by atoms with van der Waals surface area (Å²) >= 11 is 8.61. The molecule has 1 fully saturated rings. The minimum atomic E-state index is -0.459. The lowest BCUT2D eigenvalue weighted by atomic mass is 10.1. The predicted octanol–water partition coefficient (Wildman–Crippen LogP) is 2.17. The van der Waals surface area contributed by atoms with Crippen molar-refractivity contribution < 1.29 is 9.59 Å². The minimum absolute atomic E-state index is 0.0933. The Hall–Kier alpha value is -1.06. The Morgan fingerprint density at radius 2 is 2.26 bits per heavy atom. The molecule has 0 radical (unpaired) electrons.